The van der Waals surface area contributed by atoms with E-state index in [2.05, 4.69) is 46.9 Å². The summed E-state index contributed by atoms with van der Waals surface area (Å²) in [5, 5.41) is 3.62. The standard InChI is InChI=1S/C13H29NO/c1-8-9-14-12(13(4,5)6)11(15-7)10(2)3/h10-12,14H,8-9H2,1-7H3. The van der Waals surface area contributed by atoms with Crippen molar-refractivity contribution in [1.29, 1.82) is 0 Å². The van der Waals surface area contributed by atoms with Crippen LogP contribution in [0.5, 0.6) is 0 Å². The smallest absolute Gasteiger partial charge is 0.0752 e. The monoisotopic (exact) mass is 215 g/mol. The number of hydrogen-bond donors (Lipinski definition) is 1. The molecule has 0 aromatic rings. The molecule has 0 fully saturated rings. The molecule has 0 radical (unpaired) electrons. The van der Waals surface area contributed by atoms with Gasteiger partial charge < -0.3 is 10.1 Å². The Bertz CT molecular complexity index is 160. The predicted octanol–water partition coefficient (Wildman–Crippen LogP) is 3.07. The van der Waals surface area contributed by atoms with E-state index in [1.165, 1.54) is 6.42 Å². The summed E-state index contributed by atoms with van der Waals surface area (Å²) in [6.45, 7) is 14.5. The van der Waals surface area contributed by atoms with Gasteiger partial charge in [-0.15, -0.1) is 0 Å². The van der Waals surface area contributed by atoms with E-state index in [0.29, 0.717) is 12.0 Å². The van der Waals surface area contributed by atoms with Crippen LogP contribution in [0.2, 0.25) is 0 Å². The maximum absolute atomic E-state index is 5.63. The first-order valence-corrected chi connectivity index (χ1v) is 6.10. The van der Waals surface area contributed by atoms with Gasteiger partial charge in [-0.1, -0.05) is 41.5 Å². The average molecular weight is 215 g/mol. The quantitative estimate of drug-likeness (QED) is 0.735. The van der Waals surface area contributed by atoms with Gasteiger partial charge in [0.15, 0.2) is 0 Å². The third kappa shape index (κ3) is 4.98. The molecule has 0 heterocycles. The summed E-state index contributed by atoms with van der Waals surface area (Å²) >= 11 is 0. The van der Waals surface area contributed by atoms with E-state index in [1.807, 2.05) is 7.11 Å². The lowest BCUT2D eigenvalue weighted by molar-refractivity contribution is -0.00102. The van der Waals surface area contributed by atoms with Gasteiger partial charge in [0.2, 0.25) is 0 Å². The van der Waals surface area contributed by atoms with Gasteiger partial charge in [0.1, 0.15) is 0 Å². The van der Waals surface area contributed by atoms with Crippen LogP contribution in [0.3, 0.4) is 0 Å². The van der Waals surface area contributed by atoms with Crippen LogP contribution in [0.1, 0.15) is 48.0 Å². The van der Waals surface area contributed by atoms with Crippen LogP contribution >= 0.6 is 0 Å². The maximum Gasteiger partial charge on any atom is 0.0752 e. The summed E-state index contributed by atoms with van der Waals surface area (Å²) in [7, 11) is 1.82. The average Bonchev–Trinajstić information content (AvgIpc) is 2.09. The van der Waals surface area contributed by atoms with Gasteiger partial charge >= 0.3 is 0 Å². The van der Waals surface area contributed by atoms with Crippen LogP contribution in [0.15, 0.2) is 0 Å². The lowest BCUT2D eigenvalue weighted by atomic mass is 9.80. The second kappa shape index (κ2) is 6.49. The second-order valence-electron chi connectivity index (χ2n) is 5.74. The van der Waals surface area contributed by atoms with Gasteiger partial charge in [0.25, 0.3) is 0 Å². The SMILES string of the molecule is CCCNC(C(OC)C(C)C)C(C)(C)C. The highest BCUT2D eigenvalue weighted by molar-refractivity contribution is 4.88. The van der Waals surface area contributed by atoms with E-state index in [9.17, 15) is 0 Å². The van der Waals surface area contributed by atoms with E-state index < -0.39 is 0 Å². The highest BCUT2D eigenvalue weighted by Crippen LogP contribution is 2.26. The molecule has 0 aromatic carbocycles. The molecule has 0 rings (SSSR count). The Balaban J connectivity index is 4.59. The molecule has 92 valence electrons. The molecule has 0 aliphatic heterocycles. The molecule has 2 heteroatoms. The molecule has 0 aliphatic carbocycles. The van der Waals surface area contributed by atoms with Gasteiger partial charge in [0.05, 0.1) is 6.10 Å². The molecule has 0 saturated heterocycles. The Morgan fingerprint density at radius 3 is 2.00 bits per heavy atom. The van der Waals surface area contributed by atoms with Gasteiger partial charge in [-0.2, -0.15) is 0 Å². The number of ether oxygens (including phenoxy) is 1. The molecule has 0 aromatic heterocycles. The Hall–Kier alpha value is -0.0800. The van der Waals surface area contributed by atoms with Gasteiger partial charge in [0, 0.05) is 13.2 Å². The van der Waals surface area contributed by atoms with Crippen molar-refractivity contribution in [3.63, 3.8) is 0 Å². The Kier molecular flexibility index (Phi) is 6.46. The molecule has 0 spiro atoms. The molecule has 0 aliphatic rings. The second-order valence-corrected chi connectivity index (χ2v) is 5.74. The first kappa shape index (κ1) is 14.9. The predicted molar refractivity (Wildman–Crippen MR) is 67.2 cm³/mol. The summed E-state index contributed by atoms with van der Waals surface area (Å²) < 4.78 is 5.63. The lowest BCUT2D eigenvalue weighted by Crippen LogP contribution is -2.51. The van der Waals surface area contributed by atoms with Crippen molar-refractivity contribution in [2.75, 3.05) is 13.7 Å². The molecule has 0 amide bonds. The summed E-state index contributed by atoms with van der Waals surface area (Å²) in [6, 6.07) is 0.419. The molecule has 2 nitrogen and oxygen atoms in total. The minimum Gasteiger partial charge on any atom is -0.380 e. The van der Waals surface area contributed by atoms with Crippen LogP contribution in [0.25, 0.3) is 0 Å². The fraction of sp³-hybridized carbons (Fsp3) is 1.00. The topological polar surface area (TPSA) is 21.3 Å². The molecular formula is C13H29NO. The molecular weight excluding hydrogens is 186 g/mol. The minimum atomic E-state index is 0.236. The van der Waals surface area contributed by atoms with Crippen molar-refractivity contribution in [3.8, 4) is 0 Å². The highest BCUT2D eigenvalue weighted by Gasteiger charge is 2.33. The Labute approximate surface area is 95.8 Å². The number of nitrogens with one attached hydrogen (secondary N) is 1. The molecule has 0 bridgehead atoms. The number of hydrogen-bond acceptors (Lipinski definition) is 2. The van der Waals surface area contributed by atoms with Crippen LogP contribution in [-0.2, 0) is 4.74 Å². The first-order chi connectivity index (χ1) is 6.84. The van der Waals surface area contributed by atoms with Crippen LogP contribution < -0.4 is 5.32 Å². The number of methoxy groups -OCH3 is 1. The fourth-order valence-electron chi connectivity index (χ4n) is 2.01. The van der Waals surface area contributed by atoms with Crippen molar-refractivity contribution in [1.82, 2.24) is 5.32 Å². The zero-order chi connectivity index (χ0) is 12.1. The van der Waals surface area contributed by atoms with Crippen LogP contribution in [0, 0.1) is 11.3 Å². The Morgan fingerprint density at radius 2 is 1.73 bits per heavy atom. The Morgan fingerprint density at radius 1 is 1.20 bits per heavy atom. The minimum absolute atomic E-state index is 0.236. The van der Waals surface area contributed by atoms with Crippen molar-refractivity contribution in [2.45, 2.75) is 60.1 Å². The van der Waals surface area contributed by atoms with E-state index >= 15 is 0 Å². The molecule has 1 N–H and O–H groups in total. The molecule has 2 unspecified atom stereocenters. The van der Waals surface area contributed by atoms with Gasteiger partial charge in [-0.25, -0.2) is 0 Å². The number of rotatable bonds is 6. The van der Waals surface area contributed by atoms with Crippen LogP contribution in [0.4, 0.5) is 0 Å². The van der Waals surface area contributed by atoms with Crippen molar-refractivity contribution < 1.29 is 4.74 Å². The first-order valence-electron chi connectivity index (χ1n) is 6.10. The molecule has 15 heavy (non-hydrogen) atoms. The van der Waals surface area contributed by atoms with E-state index in [0.717, 1.165) is 6.54 Å². The lowest BCUT2D eigenvalue weighted by Gasteiger charge is -2.39. The van der Waals surface area contributed by atoms with Crippen LogP contribution in [-0.4, -0.2) is 25.8 Å². The van der Waals surface area contributed by atoms with Crippen molar-refractivity contribution in [2.24, 2.45) is 11.3 Å². The maximum atomic E-state index is 5.63. The zero-order valence-electron chi connectivity index (χ0n) is 11.6. The van der Waals surface area contributed by atoms with Crippen molar-refractivity contribution in [3.05, 3.63) is 0 Å². The normalized spacial score (nSPS) is 16.8. The zero-order valence-corrected chi connectivity index (χ0v) is 11.6. The van der Waals surface area contributed by atoms with Gasteiger partial charge in [-0.3, -0.25) is 0 Å². The summed E-state index contributed by atoms with van der Waals surface area (Å²) in [6.07, 6.45) is 1.46. The van der Waals surface area contributed by atoms with E-state index in [-0.39, 0.29) is 11.5 Å². The highest BCUT2D eigenvalue weighted by atomic mass is 16.5. The fourth-order valence-corrected chi connectivity index (χ4v) is 2.01. The largest absolute Gasteiger partial charge is 0.380 e. The summed E-state index contributed by atoms with van der Waals surface area (Å²) in [5.74, 6) is 0.545. The summed E-state index contributed by atoms with van der Waals surface area (Å²) in [5.41, 5.74) is 0.236. The third-order valence-electron chi connectivity index (χ3n) is 2.81. The van der Waals surface area contributed by atoms with E-state index in [1.54, 1.807) is 0 Å². The van der Waals surface area contributed by atoms with Gasteiger partial charge in [-0.05, 0) is 24.3 Å². The third-order valence-corrected chi connectivity index (χ3v) is 2.81. The molecule has 2 atom stereocenters. The van der Waals surface area contributed by atoms with E-state index in [4.69, 9.17) is 4.74 Å². The molecule has 0 saturated carbocycles. The summed E-state index contributed by atoms with van der Waals surface area (Å²) in [4.78, 5) is 0. The van der Waals surface area contributed by atoms with Crippen molar-refractivity contribution >= 4 is 0 Å².